The van der Waals surface area contributed by atoms with Crippen LogP contribution in [-0.2, 0) is 16.6 Å². The molecule has 2 aromatic rings. The number of rotatable bonds is 5. The summed E-state index contributed by atoms with van der Waals surface area (Å²) >= 11 is 0. The van der Waals surface area contributed by atoms with Gasteiger partial charge in [-0.3, -0.25) is 4.79 Å². The van der Waals surface area contributed by atoms with E-state index < -0.39 is 10.0 Å². The Labute approximate surface area is 140 Å². The fourth-order valence-corrected chi connectivity index (χ4v) is 4.24. The maximum Gasteiger partial charge on any atom is 0.273 e. The lowest BCUT2D eigenvalue weighted by Crippen LogP contribution is -2.35. The van der Waals surface area contributed by atoms with Gasteiger partial charge in [-0.1, -0.05) is 18.6 Å². The molecule has 1 aromatic heterocycles. The number of carbonyl (C=O) groups excluding carboxylic acids is 1. The summed E-state index contributed by atoms with van der Waals surface area (Å²) in [7, 11) is -3.47. The van der Waals surface area contributed by atoms with Gasteiger partial charge >= 0.3 is 0 Å². The monoisotopic (exact) mass is 349 g/mol. The van der Waals surface area contributed by atoms with E-state index >= 15 is 0 Å². The summed E-state index contributed by atoms with van der Waals surface area (Å²) in [4.78, 5) is 12.1. The van der Waals surface area contributed by atoms with Crippen molar-refractivity contribution in [3.8, 4) is 0 Å². The van der Waals surface area contributed by atoms with Gasteiger partial charge in [0.1, 0.15) is 0 Å². The van der Waals surface area contributed by atoms with Gasteiger partial charge in [-0.25, -0.2) is 8.42 Å². The standard InChI is InChI=1S/C15H19N5O3S/c21-15(14-11-17-19-18-14)16-10-12-5-4-6-13(9-12)24(22,23)20-7-2-1-3-8-20/h4-6,9,11H,1-3,7-8,10H2,(H,16,21)(H,17,18,19). The summed E-state index contributed by atoms with van der Waals surface area (Å²) in [5, 5.41) is 12.3. The summed E-state index contributed by atoms with van der Waals surface area (Å²) in [6, 6.07) is 6.66. The number of piperidine rings is 1. The number of carbonyl (C=O) groups is 1. The van der Waals surface area contributed by atoms with Crippen LogP contribution in [0.2, 0.25) is 0 Å². The van der Waals surface area contributed by atoms with Gasteiger partial charge < -0.3 is 5.32 Å². The molecule has 1 aliphatic rings. The molecule has 3 rings (SSSR count). The molecule has 8 nitrogen and oxygen atoms in total. The van der Waals surface area contributed by atoms with E-state index in [1.807, 2.05) is 0 Å². The van der Waals surface area contributed by atoms with E-state index in [1.54, 1.807) is 24.3 Å². The number of sulfonamides is 1. The molecule has 2 N–H and O–H groups in total. The third-order valence-corrected chi connectivity index (χ3v) is 5.85. The maximum atomic E-state index is 12.7. The van der Waals surface area contributed by atoms with Gasteiger partial charge in [0.25, 0.3) is 5.91 Å². The van der Waals surface area contributed by atoms with Gasteiger partial charge in [0.15, 0.2) is 5.69 Å². The van der Waals surface area contributed by atoms with Crippen LogP contribution in [0.4, 0.5) is 0 Å². The minimum atomic E-state index is -3.47. The molecule has 0 aliphatic carbocycles. The van der Waals surface area contributed by atoms with Crippen LogP contribution in [0.25, 0.3) is 0 Å². The highest BCUT2D eigenvalue weighted by Crippen LogP contribution is 2.21. The number of nitrogens with zero attached hydrogens (tertiary/aromatic N) is 3. The summed E-state index contributed by atoms with van der Waals surface area (Å²) in [5.74, 6) is -0.368. The number of H-pyrrole nitrogens is 1. The van der Waals surface area contributed by atoms with Crippen molar-refractivity contribution < 1.29 is 13.2 Å². The SMILES string of the molecule is O=C(NCc1cccc(S(=O)(=O)N2CCCCC2)c1)c1cn[nH]n1. The third-order valence-electron chi connectivity index (χ3n) is 3.95. The van der Waals surface area contributed by atoms with Crippen LogP contribution in [0.3, 0.4) is 0 Å². The lowest BCUT2D eigenvalue weighted by atomic mass is 10.2. The lowest BCUT2D eigenvalue weighted by Gasteiger charge is -2.26. The Morgan fingerprint density at radius 3 is 2.75 bits per heavy atom. The minimum absolute atomic E-state index is 0.187. The van der Waals surface area contributed by atoms with Crippen molar-refractivity contribution in [2.24, 2.45) is 0 Å². The molecule has 1 saturated heterocycles. The highest BCUT2D eigenvalue weighted by atomic mass is 32.2. The number of nitrogens with one attached hydrogen (secondary N) is 2. The van der Waals surface area contributed by atoms with Crippen LogP contribution in [0, 0.1) is 0 Å². The number of hydrogen-bond donors (Lipinski definition) is 2. The van der Waals surface area contributed by atoms with Gasteiger partial charge in [0.05, 0.1) is 11.1 Å². The van der Waals surface area contributed by atoms with Gasteiger partial charge in [0, 0.05) is 19.6 Å². The van der Waals surface area contributed by atoms with Crippen molar-refractivity contribution in [3.63, 3.8) is 0 Å². The number of aromatic nitrogens is 3. The second kappa shape index (κ2) is 7.10. The summed E-state index contributed by atoms with van der Waals surface area (Å²) in [6.07, 6.45) is 4.19. The Morgan fingerprint density at radius 1 is 1.25 bits per heavy atom. The first-order valence-corrected chi connectivity index (χ1v) is 9.24. The topological polar surface area (TPSA) is 108 Å². The van der Waals surface area contributed by atoms with E-state index in [1.165, 1.54) is 10.5 Å². The van der Waals surface area contributed by atoms with Crippen molar-refractivity contribution in [3.05, 3.63) is 41.7 Å². The number of hydrogen-bond acceptors (Lipinski definition) is 5. The smallest absolute Gasteiger partial charge is 0.273 e. The molecular formula is C15H19N5O3S. The molecular weight excluding hydrogens is 330 g/mol. The first-order valence-electron chi connectivity index (χ1n) is 7.80. The summed E-state index contributed by atoms with van der Waals surface area (Å²) in [6.45, 7) is 1.35. The third kappa shape index (κ3) is 3.62. The van der Waals surface area contributed by atoms with E-state index in [9.17, 15) is 13.2 Å². The first-order chi connectivity index (χ1) is 11.6. The van der Waals surface area contributed by atoms with Gasteiger partial charge in [-0.15, -0.1) is 0 Å². The zero-order valence-electron chi connectivity index (χ0n) is 13.1. The molecule has 1 fully saturated rings. The largest absolute Gasteiger partial charge is 0.347 e. The highest BCUT2D eigenvalue weighted by molar-refractivity contribution is 7.89. The average Bonchev–Trinajstić information content (AvgIpc) is 3.15. The first kappa shape index (κ1) is 16.6. The summed E-state index contributed by atoms with van der Waals surface area (Å²) < 4.78 is 26.9. The zero-order chi connectivity index (χ0) is 17.0. The molecule has 0 saturated carbocycles. The number of aromatic amines is 1. The molecule has 0 atom stereocenters. The molecule has 2 heterocycles. The van der Waals surface area contributed by atoms with Gasteiger partial charge in [0.2, 0.25) is 10.0 Å². The Morgan fingerprint density at radius 2 is 2.04 bits per heavy atom. The van der Waals surface area contributed by atoms with Crippen LogP contribution in [0.15, 0.2) is 35.4 Å². The average molecular weight is 349 g/mol. The van der Waals surface area contributed by atoms with Crippen molar-refractivity contribution in [2.75, 3.05) is 13.1 Å². The molecule has 1 aromatic carbocycles. The molecule has 9 heteroatoms. The summed E-state index contributed by atoms with van der Waals surface area (Å²) in [5.41, 5.74) is 0.900. The minimum Gasteiger partial charge on any atom is -0.347 e. The molecule has 1 aliphatic heterocycles. The van der Waals surface area contributed by atoms with Crippen molar-refractivity contribution in [1.29, 1.82) is 0 Å². The second-order valence-electron chi connectivity index (χ2n) is 5.65. The molecule has 1 amide bonds. The van der Waals surface area contributed by atoms with Crippen LogP contribution in [0.5, 0.6) is 0 Å². The number of amides is 1. The Bertz CT molecular complexity index is 798. The van der Waals surface area contributed by atoms with Gasteiger partial charge in [-0.05, 0) is 30.5 Å². The molecule has 0 bridgehead atoms. The molecule has 0 spiro atoms. The predicted molar refractivity (Wildman–Crippen MR) is 86.6 cm³/mol. The fourth-order valence-electron chi connectivity index (χ4n) is 2.65. The normalized spacial score (nSPS) is 16.0. The molecule has 0 unspecified atom stereocenters. The maximum absolute atomic E-state index is 12.7. The lowest BCUT2D eigenvalue weighted by molar-refractivity contribution is 0.0946. The van der Waals surface area contributed by atoms with Crippen LogP contribution in [0.1, 0.15) is 35.3 Å². The van der Waals surface area contributed by atoms with E-state index in [0.29, 0.717) is 18.7 Å². The highest BCUT2D eigenvalue weighted by Gasteiger charge is 2.25. The van der Waals surface area contributed by atoms with E-state index in [0.717, 1.165) is 19.3 Å². The van der Waals surface area contributed by atoms with E-state index in [4.69, 9.17) is 0 Å². The van der Waals surface area contributed by atoms with Crippen molar-refractivity contribution in [2.45, 2.75) is 30.7 Å². The van der Waals surface area contributed by atoms with Crippen molar-refractivity contribution >= 4 is 15.9 Å². The second-order valence-corrected chi connectivity index (χ2v) is 7.59. The van der Waals surface area contributed by atoms with Crippen LogP contribution >= 0.6 is 0 Å². The predicted octanol–water partition coefficient (Wildman–Crippen LogP) is 0.909. The number of benzene rings is 1. The van der Waals surface area contributed by atoms with Gasteiger partial charge in [-0.2, -0.15) is 19.7 Å². The molecule has 24 heavy (non-hydrogen) atoms. The molecule has 0 radical (unpaired) electrons. The van der Waals surface area contributed by atoms with Crippen LogP contribution in [-0.4, -0.2) is 47.1 Å². The fraction of sp³-hybridized carbons (Fsp3) is 0.400. The van der Waals surface area contributed by atoms with Crippen LogP contribution < -0.4 is 5.32 Å². The van der Waals surface area contributed by atoms with Crippen molar-refractivity contribution in [1.82, 2.24) is 25.0 Å². The molecule has 128 valence electrons. The van der Waals surface area contributed by atoms with E-state index in [2.05, 4.69) is 20.7 Å². The Kier molecular flexibility index (Phi) is 4.91. The Hall–Kier alpha value is -2.26. The van der Waals surface area contributed by atoms with E-state index in [-0.39, 0.29) is 23.0 Å². The quantitative estimate of drug-likeness (QED) is 0.834. The zero-order valence-corrected chi connectivity index (χ0v) is 13.9. The Balaban J connectivity index is 1.70.